The van der Waals surface area contributed by atoms with Gasteiger partial charge in [0.15, 0.2) is 5.75 Å². The van der Waals surface area contributed by atoms with Gasteiger partial charge in [-0.1, -0.05) is 12.1 Å². The maximum absolute atomic E-state index is 12.8. The summed E-state index contributed by atoms with van der Waals surface area (Å²) in [7, 11) is 3.11. The fourth-order valence-corrected chi connectivity index (χ4v) is 3.34. The Bertz CT molecular complexity index is 1120. The number of aromatic nitrogens is 1. The molecule has 0 aliphatic carbocycles. The van der Waals surface area contributed by atoms with Gasteiger partial charge in [-0.2, -0.15) is 5.26 Å². The van der Waals surface area contributed by atoms with Crippen molar-refractivity contribution < 1.29 is 14.3 Å². The van der Waals surface area contributed by atoms with Crippen molar-refractivity contribution in [1.82, 2.24) is 4.98 Å². The highest BCUT2D eigenvalue weighted by Crippen LogP contribution is 2.34. The van der Waals surface area contributed by atoms with E-state index in [2.05, 4.69) is 11.1 Å². The number of rotatable bonds is 4. The Morgan fingerprint density at radius 3 is 2.68 bits per heavy atom. The van der Waals surface area contributed by atoms with Crippen molar-refractivity contribution >= 4 is 11.6 Å². The van der Waals surface area contributed by atoms with Gasteiger partial charge in [0.1, 0.15) is 0 Å². The molecule has 6 nitrogen and oxygen atoms in total. The summed E-state index contributed by atoms with van der Waals surface area (Å²) in [5.41, 5.74) is 4.65. The highest BCUT2D eigenvalue weighted by Gasteiger charge is 2.29. The molecule has 0 fully saturated rings. The van der Waals surface area contributed by atoms with Crippen LogP contribution in [0.3, 0.4) is 0 Å². The van der Waals surface area contributed by atoms with E-state index in [-0.39, 0.29) is 5.91 Å². The van der Waals surface area contributed by atoms with Gasteiger partial charge in [-0.25, -0.2) is 4.98 Å². The topological polar surface area (TPSA) is 75.5 Å². The molecule has 0 radical (unpaired) electrons. The van der Waals surface area contributed by atoms with Gasteiger partial charge in [-0.3, -0.25) is 4.79 Å². The maximum atomic E-state index is 12.8. The van der Waals surface area contributed by atoms with Gasteiger partial charge < -0.3 is 14.4 Å². The van der Waals surface area contributed by atoms with E-state index in [1.807, 2.05) is 30.3 Å². The molecule has 4 rings (SSSR count). The number of hydrogen-bond donors (Lipinski definition) is 0. The summed E-state index contributed by atoms with van der Waals surface area (Å²) in [4.78, 5) is 18.8. The highest BCUT2D eigenvalue weighted by atomic mass is 16.5. The summed E-state index contributed by atoms with van der Waals surface area (Å²) < 4.78 is 10.5. The Morgan fingerprint density at radius 2 is 1.93 bits per heavy atom. The summed E-state index contributed by atoms with van der Waals surface area (Å²) in [5, 5.41) is 9.11. The summed E-state index contributed by atoms with van der Waals surface area (Å²) in [6.45, 7) is 0.456. The number of carbonyl (C=O) groups is 1. The average molecular weight is 371 g/mol. The van der Waals surface area contributed by atoms with Crippen molar-refractivity contribution in [3.8, 4) is 28.8 Å². The molecule has 138 valence electrons. The number of amides is 1. The molecular formula is C22H17N3O3. The van der Waals surface area contributed by atoms with Crippen LogP contribution in [0.25, 0.3) is 11.1 Å². The molecule has 3 aromatic rings. The first-order valence-electron chi connectivity index (χ1n) is 8.68. The molecule has 0 spiro atoms. The van der Waals surface area contributed by atoms with E-state index in [1.165, 1.54) is 0 Å². The van der Waals surface area contributed by atoms with Crippen LogP contribution in [-0.2, 0) is 6.54 Å². The monoisotopic (exact) mass is 371 g/mol. The van der Waals surface area contributed by atoms with E-state index in [1.54, 1.807) is 43.5 Å². The number of ether oxygens (including phenoxy) is 2. The van der Waals surface area contributed by atoms with Crippen LogP contribution in [0.4, 0.5) is 5.69 Å². The number of pyridine rings is 1. The zero-order valence-electron chi connectivity index (χ0n) is 15.5. The third-order valence-corrected chi connectivity index (χ3v) is 4.76. The van der Waals surface area contributed by atoms with Crippen LogP contribution in [0.15, 0.2) is 54.7 Å². The quantitative estimate of drug-likeness (QED) is 0.697. The van der Waals surface area contributed by atoms with Gasteiger partial charge in [0, 0.05) is 23.0 Å². The Labute approximate surface area is 162 Å². The minimum Gasteiger partial charge on any atom is -0.491 e. The predicted molar refractivity (Wildman–Crippen MR) is 104 cm³/mol. The molecular weight excluding hydrogens is 354 g/mol. The number of carbonyl (C=O) groups excluding carboxylic acids is 1. The molecule has 0 unspecified atom stereocenters. The van der Waals surface area contributed by atoms with Crippen molar-refractivity contribution in [3.63, 3.8) is 0 Å². The molecule has 28 heavy (non-hydrogen) atoms. The zero-order valence-corrected chi connectivity index (χ0v) is 15.5. The molecule has 0 saturated carbocycles. The molecule has 1 aliphatic rings. The number of anilines is 1. The van der Waals surface area contributed by atoms with Gasteiger partial charge >= 0.3 is 0 Å². The van der Waals surface area contributed by atoms with Crippen LogP contribution < -0.4 is 14.4 Å². The average Bonchev–Trinajstić information content (AvgIpc) is 3.09. The Balaban J connectivity index is 1.68. The lowest BCUT2D eigenvalue weighted by molar-refractivity contribution is 0.0996. The van der Waals surface area contributed by atoms with E-state index < -0.39 is 0 Å². The van der Waals surface area contributed by atoms with E-state index in [0.717, 1.165) is 22.4 Å². The van der Waals surface area contributed by atoms with Gasteiger partial charge in [0.2, 0.25) is 0 Å². The molecule has 0 atom stereocenters. The SMILES string of the molecule is COc1cc(-c2ccc3c(c2)CN(c2cccc(C#N)c2)C3=O)cnc1OC. The van der Waals surface area contributed by atoms with Crippen LogP contribution in [0.5, 0.6) is 11.6 Å². The molecule has 0 N–H and O–H groups in total. The van der Waals surface area contributed by atoms with Crippen LogP contribution in [-0.4, -0.2) is 25.1 Å². The smallest absolute Gasteiger partial charge is 0.258 e. The van der Waals surface area contributed by atoms with E-state index in [0.29, 0.717) is 29.3 Å². The highest BCUT2D eigenvalue weighted by molar-refractivity contribution is 6.10. The van der Waals surface area contributed by atoms with Crippen LogP contribution in [0, 0.1) is 11.3 Å². The fourth-order valence-electron chi connectivity index (χ4n) is 3.34. The number of methoxy groups -OCH3 is 2. The normalized spacial score (nSPS) is 12.5. The van der Waals surface area contributed by atoms with E-state index in [4.69, 9.17) is 14.7 Å². The van der Waals surface area contributed by atoms with Gasteiger partial charge in [0.25, 0.3) is 11.8 Å². The van der Waals surface area contributed by atoms with Crippen molar-refractivity contribution in [2.45, 2.75) is 6.54 Å². The Kier molecular flexibility index (Phi) is 4.42. The Morgan fingerprint density at radius 1 is 1.07 bits per heavy atom. The number of fused-ring (bicyclic) bond motifs is 1. The fraction of sp³-hybridized carbons (Fsp3) is 0.136. The number of benzene rings is 2. The largest absolute Gasteiger partial charge is 0.491 e. The van der Waals surface area contributed by atoms with Crippen LogP contribution in [0.2, 0.25) is 0 Å². The lowest BCUT2D eigenvalue weighted by Gasteiger charge is -2.15. The maximum Gasteiger partial charge on any atom is 0.258 e. The van der Waals surface area contributed by atoms with Gasteiger partial charge in [-0.05, 0) is 47.5 Å². The van der Waals surface area contributed by atoms with Crippen molar-refractivity contribution in [2.75, 3.05) is 19.1 Å². The summed E-state index contributed by atoms with van der Waals surface area (Å²) in [6.07, 6.45) is 1.72. The molecule has 0 bridgehead atoms. The molecule has 1 amide bonds. The first-order valence-corrected chi connectivity index (χ1v) is 8.68. The van der Waals surface area contributed by atoms with Crippen molar-refractivity contribution in [3.05, 3.63) is 71.4 Å². The minimum atomic E-state index is -0.0675. The number of nitriles is 1. The molecule has 2 aromatic carbocycles. The first kappa shape index (κ1) is 17.6. The lowest BCUT2D eigenvalue weighted by atomic mass is 10.0. The van der Waals surface area contributed by atoms with Crippen LogP contribution in [0.1, 0.15) is 21.5 Å². The molecule has 1 aliphatic heterocycles. The van der Waals surface area contributed by atoms with Crippen LogP contribution >= 0.6 is 0 Å². The molecule has 1 aromatic heterocycles. The number of nitrogens with zero attached hydrogens (tertiary/aromatic N) is 3. The second-order valence-corrected chi connectivity index (χ2v) is 6.36. The Hall–Kier alpha value is -3.85. The second kappa shape index (κ2) is 7.05. The van der Waals surface area contributed by atoms with Gasteiger partial charge in [-0.15, -0.1) is 0 Å². The van der Waals surface area contributed by atoms with Gasteiger partial charge in [0.05, 0.1) is 32.4 Å². The first-order chi connectivity index (χ1) is 13.6. The molecule has 2 heterocycles. The van der Waals surface area contributed by atoms with Crippen molar-refractivity contribution in [2.24, 2.45) is 0 Å². The zero-order chi connectivity index (χ0) is 19.7. The third-order valence-electron chi connectivity index (χ3n) is 4.76. The van der Waals surface area contributed by atoms with Crippen molar-refractivity contribution in [1.29, 1.82) is 5.26 Å². The summed E-state index contributed by atoms with van der Waals surface area (Å²) in [5.74, 6) is 0.903. The third kappa shape index (κ3) is 2.93. The van der Waals surface area contributed by atoms with E-state index in [9.17, 15) is 4.79 Å². The predicted octanol–water partition coefficient (Wildman–Crippen LogP) is 3.80. The minimum absolute atomic E-state index is 0.0675. The molecule has 6 heteroatoms. The summed E-state index contributed by atoms with van der Waals surface area (Å²) in [6, 6.07) is 16.8. The van der Waals surface area contributed by atoms with E-state index >= 15 is 0 Å². The number of hydrogen-bond acceptors (Lipinski definition) is 5. The molecule has 0 saturated heterocycles. The second-order valence-electron chi connectivity index (χ2n) is 6.36. The summed E-state index contributed by atoms with van der Waals surface area (Å²) >= 11 is 0. The standard InChI is InChI=1S/C22H17N3O3/c1-27-20-10-16(12-24-21(20)28-2)15-6-7-19-17(9-15)13-25(22(19)26)18-5-3-4-14(8-18)11-23/h3-10,12H,13H2,1-2H3. The lowest BCUT2D eigenvalue weighted by Crippen LogP contribution is -2.22.